The van der Waals surface area contributed by atoms with Crippen LogP contribution in [0, 0.1) is 5.92 Å². The smallest absolute Gasteiger partial charge is 0.307 e. The minimum Gasteiger partial charge on any atom is -0.481 e. The van der Waals surface area contributed by atoms with E-state index in [0.717, 1.165) is 6.42 Å². The Bertz CT molecular complexity index is 127. The lowest BCUT2D eigenvalue weighted by Crippen LogP contribution is -1.91. The molecule has 2 nitrogen and oxygen atoms in total. The van der Waals surface area contributed by atoms with Crippen molar-refractivity contribution < 1.29 is 9.90 Å². The van der Waals surface area contributed by atoms with Crippen LogP contribution in [0.2, 0.25) is 0 Å². The zero-order chi connectivity index (χ0) is 7.98. The zero-order valence-electron chi connectivity index (χ0n) is 6.50. The maximum absolute atomic E-state index is 10.0. The molecule has 0 aliphatic rings. The lowest BCUT2D eigenvalue weighted by Gasteiger charge is -1.97. The second kappa shape index (κ2) is 5.03. The number of aliphatic carboxylic acids is 1. The van der Waals surface area contributed by atoms with E-state index < -0.39 is 5.97 Å². The van der Waals surface area contributed by atoms with Crippen molar-refractivity contribution in [2.75, 3.05) is 0 Å². The molecule has 0 saturated heterocycles. The van der Waals surface area contributed by atoms with E-state index in [9.17, 15) is 4.79 Å². The Hall–Kier alpha value is -0.790. The number of carbonyl (C=O) groups is 1. The highest BCUT2D eigenvalue weighted by atomic mass is 16.4. The molecule has 0 fully saturated rings. The number of hydrogen-bond acceptors (Lipinski definition) is 1. The Labute approximate surface area is 61.6 Å². The van der Waals surface area contributed by atoms with E-state index in [2.05, 4.69) is 13.8 Å². The normalized spacial score (nSPS) is 13.8. The van der Waals surface area contributed by atoms with Gasteiger partial charge in [-0.25, -0.2) is 0 Å². The van der Waals surface area contributed by atoms with Crippen LogP contribution in [0.15, 0.2) is 12.2 Å². The minimum absolute atomic E-state index is 0.143. The molecule has 0 spiro atoms. The van der Waals surface area contributed by atoms with Crippen LogP contribution in [0.25, 0.3) is 0 Å². The Balaban J connectivity index is 3.45. The minimum atomic E-state index is -0.764. The molecule has 0 rings (SSSR count). The Morgan fingerprint density at radius 1 is 1.70 bits per heavy atom. The molecule has 58 valence electrons. The highest BCUT2D eigenvalue weighted by Gasteiger charge is 1.92. The predicted octanol–water partition coefficient (Wildman–Crippen LogP) is 2.06. The molecule has 2 heteroatoms. The summed E-state index contributed by atoms with van der Waals surface area (Å²) in [5.41, 5.74) is 0. The maximum Gasteiger partial charge on any atom is 0.307 e. The Morgan fingerprint density at radius 3 is 2.70 bits per heavy atom. The molecular weight excluding hydrogens is 128 g/mol. The van der Waals surface area contributed by atoms with Crippen LogP contribution in [0.4, 0.5) is 0 Å². The van der Waals surface area contributed by atoms with Crippen molar-refractivity contribution >= 4 is 5.97 Å². The average molecular weight is 142 g/mol. The van der Waals surface area contributed by atoms with Crippen molar-refractivity contribution in [2.24, 2.45) is 5.92 Å². The Kier molecular flexibility index (Phi) is 4.63. The van der Waals surface area contributed by atoms with E-state index >= 15 is 0 Å². The van der Waals surface area contributed by atoms with Gasteiger partial charge >= 0.3 is 5.97 Å². The number of hydrogen-bond donors (Lipinski definition) is 1. The van der Waals surface area contributed by atoms with Gasteiger partial charge in [-0.15, -0.1) is 0 Å². The molecule has 0 amide bonds. The summed E-state index contributed by atoms with van der Waals surface area (Å²) in [6.45, 7) is 4.15. The van der Waals surface area contributed by atoms with Crippen LogP contribution in [0.5, 0.6) is 0 Å². The van der Waals surface area contributed by atoms with Crippen molar-refractivity contribution in [1.29, 1.82) is 0 Å². The van der Waals surface area contributed by atoms with Crippen LogP contribution in [0.3, 0.4) is 0 Å². The van der Waals surface area contributed by atoms with Gasteiger partial charge in [0.25, 0.3) is 0 Å². The van der Waals surface area contributed by atoms with Crippen molar-refractivity contribution in [3.05, 3.63) is 12.2 Å². The van der Waals surface area contributed by atoms with E-state index in [1.165, 1.54) is 0 Å². The van der Waals surface area contributed by atoms with E-state index in [1.807, 2.05) is 6.08 Å². The summed E-state index contributed by atoms with van der Waals surface area (Å²) in [5.74, 6) is -0.265. The highest BCUT2D eigenvalue weighted by Crippen LogP contribution is 2.02. The topological polar surface area (TPSA) is 37.3 Å². The molecule has 1 atom stereocenters. The first-order valence-electron chi connectivity index (χ1n) is 3.55. The summed E-state index contributed by atoms with van der Waals surface area (Å²) in [6, 6.07) is 0. The van der Waals surface area contributed by atoms with Crippen LogP contribution < -0.4 is 0 Å². The third-order valence-electron chi connectivity index (χ3n) is 1.40. The monoisotopic (exact) mass is 142 g/mol. The third-order valence-corrected chi connectivity index (χ3v) is 1.40. The fourth-order valence-corrected chi connectivity index (χ4v) is 0.537. The number of rotatable bonds is 4. The van der Waals surface area contributed by atoms with Crippen LogP contribution in [-0.4, -0.2) is 11.1 Å². The van der Waals surface area contributed by atoms with Crippen LogP contribution >= 0.6 is 0 Å². The second-order valence-corrected chi connectivity index (χ2v) is 2.41. The molecule has 0 radical (unpaired) electrons. The summed E-state index contributed by atoms with van der Waals surface area (Å²) in [4.78, 5) is 10.0. The van der Waals surface area contributed by atoms with Gasteiger partial charge in [0.15, 0.2) is 0 Å². The van der Waals surface area contributed by atoms with Gasteiger partial charge in [-0.3, -0.25) is 4.79 Å². The molecule has 0 aromatic carbocycles. The summed E-state index contributed by atoms with van der Waals surface area (Å²) in [5, 5.41) is 8.25. The van der Waals surface area contributed by atoms with Gasteiger partial charge in [0.1, 0.15) is 0 Å². The molecule has 0 bridgehead atoms. The van der Waals surface area contributed by atoms with Crippen LogP contribution in [-0.2, 0) is 4.79 Å². The van der Waals surface area contributed by atoms with Crippen molar-refractivity contribution in [3.63, 3.8) is 0 Å². The number of carboxylic acid groups (broad SMARTS) is 1. The fraction of sp³-hybridized carbons (Fsp3) is 0.625. The molecule has 10 heavy (non-hydrogen) atoms. The SMILES string of the molecule is CC[C@@H](C)/C=C/CC(=O)O. The molecule has 0 aliphatic heterocycles. The van der Waals surface area contributed by atoms with Crippen LogP contribution in [0.1, 0.15) is 26.7 Å². The second-order valence-electron chi connectivity index (χ2n) is 2.41. The van der Waals surface area contributed by atoms with Gasteiger partial charge in [0.2, 0.25) is 0 Å². The van der Waals surface area contributed by atoms with E-state index in [-0.39, 0.29) is 6.42 Å². The first kappa shape index (κ1) is 9.21. The molecule has 1 N–H and O–H groups in total. The van der Waals surface area contributed by atoms with Gasteiger partial charge < -0.3 is 5.11 Å². The quantitative estimate of drug-likeness (QED) is 0.610. The maximum atomic E-state index is 10.0. The average Bonchev–Trinajstić information content (AvgIpc) is 1.87. The van der Waals surface area contributed by atoms with Crippen molar-refractivity contribution in [3.8, 4) is 0 Å². The molecule has 0 saturated carbocycles. The summed E-state index contributed by atoms with van der Waals surface area (Å²) < 4.78 is 0. The molecule has 0 aromatic heterocycles. The van der Waals surface area contributed by atoms with Crippen molar-refractivity contribution in [1.82, 2.24) is 0 Å². The van der Waals surface area contributed by atoms with E-state index in [4.69, 9.17) is 5.11 Å². The molecule has 0 heterocycles. The van der Waals surface area contributed by atoms with Gasteiger partial charge in [-0.05, 0) is 5.92 Å². The highest BCUT2D eigenvalue weighted by molar-refractivity contribution is 5.68. The molecule has 0 aromatic rings. The molecule has 0 unspecified atom stereocenters. The summed E-state index contributed by atoms with van der Waals surface area (Å²) >= 11 is 0. The third kappa shape index (κ3) is 5.35. The molecule has 0 aliphatic carbocycles. The first-order valence-corrected chi connectivity index (χ1v) is 3.55. The van der Waals surface area contributed by atoms with E-state index in [1.54, 1.807) is 6.08 Å². The zero-order valence-corrected chi connectivity index (χ0v) is 6.50. The van der Waals surface area contributed by atoms with Crippen molar-refractivity contribution in [2.45, 2.75) is 26.7 Å². The first-order chi connectivity index (χ1) is 4.66. The lowest BCUT2D eigenvalue weighted by atomic mass is 10.1. The summed E-state index contributed by atoms with van der Waals surface area (Å²) in [7, 11) is 0. The molecular formula is C8H14O2. The Morgan fingerprint density at radius 2 is 2.30 bits per heavy atom. The van der Waals surface area contributed by atoms with Gasteiger partial charge in [-0.1, -0.05) is 32.4 Å². The van der Waals surface area contributed by atoms with Gasteiger partial charge in [-0.2, -0.15) is 0 Å². The summed E-state index contributed by atoms with van der Waals surface area (Å²) in [6.07, 6.45) is 4.85. The lowest BCUT2D eigenvalue weighted by molar-refractivity contribution is -0.136. The predicted molar refractivity (Wildman–Crippen MR) is 40.8 cm³/mol. The fourth-order valence-electron chi connectivity index (χ4n) is 0.537. The van der Waals surface area contributed by atoms with Gasteiger partial charge in [0, 0.05) is 0 Å². The van der Waals surface area contributed by atoms with Gasteiger partial charge in [0.05, 0.1) is 6.42 Å². The van der Waals surface area contributed by atoms with E-state index in [0.29, 0.717) is 5.92 Å². The standard InChI is InChI=1S/C8H14O2/c1-3-7(2)5-4-6-8(9)10/h4-5,7H,3,6H2,1-2H3,(H,9,10)/b5-4+/t7-/m1/s1. The number of carboxylic acids is 1. The number of allylic oxidation sites excluding steroid dienone is 1. The largest absolute Gasteiger partial charge is 0.481 e.